The molecule has 290 valence electrons. The number of hydrogen-bond donors (Lipinski definition) is 3. The Bertz CT molecular complexity index is 2140. The number of hydrogen-bond acceptors (Lipinski definition) is 15. The van der Waals surface area contributed by atoms with Gasteiger partial charge in [-0.25, -0.2) is 14.6 Å². The van der Waals surface area contributed by atoms with Gasteiger partial charge in [-0.1, -0.05) is 65.8 Å². The Labute approximate surface area is 319 Å². The lowest BCUT2D eigenvalue weighted by molar-refractivity contribution is -0.164. The van der Waals surface area contributed by atoms with E-state index in [0.29, 0.717) is 0 Å². The Balaban J connectivity index is 1.20. The second-order valence-corrected chi connectivity index (χ2v) is 16.2. The number of nitrogens with one attached hydrogen (secondary N) is 3. The number of carbonyl (C=O) groups is 4. The molecule has 20 heteroatoms. The van der Waals surface area contributed by atoms with Gasteiger partial charge in [-0.15, -0.1) is 11.3 Å². The summed E-state index contributed by atoms with van der Waals surface area (Å²) in [6.07, 6.45) is 1.21. The van der Waals surface area contributed by atoms with Crippen molar-refractivity contribution in [2.24, 2.45) is 5.16 Å². The normalized spacial score (nSPS) is 17.8. The van der Waals surface area contributed by atoms with Crippen LogP contribution in [0, 0.1) is 0 Å². The highest BCUT2D eigenvalue weighted by molar-refractivity contribution is 7.85. The number of β-lactam (4-membered cyclic amide) rings is 1. The predicted molar refractivity (Wildman–Crippen MR) is 196 cm³/mol. The van der Waals surface area contributed by atoms with Gasteiger partial charge in [-0.3, -0.25) is 19.1 Å². The van der Waals surface area contributed by atoms with Crippen molar-refractivity contribution in [2.45, 2.75) is 76.2 Å². The smallest absolute Gasteiger partial charge is 0.413 e. The zero-order valence-electron chi connectivity index (χ0n) is 30.1. The number of ether oxygens (including phenoxy) is 2. The summed E-state index contributed by atoms with van der Waals surface area (Å²) in [5.41, 5.74) is -0.974. The van der Waals surface area contributed by atoms with Crippen molar-refractivity contribution in [3.63, 3.8) is 0 Å². The monoisotopic (exact) mass is 794 g/mol. The first-order valence-corrected chi connectivity index (χ1v) is 19.6. The SMILES string of the molecule is CC(C)(C)OC(=O)Nc1nc(/C(=N/OC2(C(=O)OC(c3ccccc3)c3ccccc3)CC2)C(=O)N[C@@H]2C(=O)N[C@@H]2Cn2ncc(COS(C)(=O)=O)n2)cs1. The molecule has 18 nitrogen and oxygen atoms in total. The van der Waals surface area contributed by atoms with Crippen molar-refractivity contribution in [1.29, 1.82) is 0 Å². The summed E-state index contributed by atoms with van der Waals surface area (Å²) in [5.74, 6) is -2.07. The number of amides is 3. The predicted octanol–water partition coefficient (Wildman–Crippen LogP) is 2.83. The molecule has 1 saturated carbocycles. The number of esters is 1. The molecule has 0 unspecified atom stereocenters. The molecule has 1 aliphatic heterocycles. The standard InChI is InChI=1S/C35H38N8O10S2/c1-34(2,3)52-33(47)40-32-38-25(20-54-32)27(30(45)39-26-24(37-29(26)44)18-43-36-17-23(41-43)19-50-55(4,48)49)42-53-35(15-16-35)31(46)51-28(21-11-7-5-8-12-21)22-13-9-6-10-14-22/h5-14,17,20,24,26,28H,15-16,18-19H2,1-4H3,(H,37,44)(H,39,45)(H,38,40,47)/b42-27-/t24-,26+/m1/s1. The van der Waals surface area contributed by atoms with Crippen LogP contribution in [0.5, 0.6) is 0 Å². The summed E-state index contributed by atoms with van der Waals surface area (Å²) in [4.78, 5) is 64.1. The third-order valence-corrected chi connectivity index (χ3v) is 9.35. The van der Waals surface area contributed by atoms with Gasteiger partial charge in [0.1, 0.15) is 29.6 Å². The molecule has 2 aromatic carbocycles. The zero-order chi connectivity index (χ0) is 39.4. The van der Waals surface area contributed by atoms with E-state index in [1.54, 1.807) is 20.8 Å². The number of oxime groups is 1. The van der Waals surface area contributed by atoms with Crippen LogP contribution in [-0.4, -0.2) is 87.5 Å². The Kier molecular flexibility index (Phi) is 11.3. The summed E-state index contributed by atoms with van der Waals surface area (Å²) in [5, 5.41) is 21.7. The van der Waals surface area contributed by atoms with Crippen LogP contribution < -0.4 is 16.0 Å². The molecule has 6 rings (SSSR count). The first-order chi connectivity index (χ1) is 26.1. The molecule has 2 fully saturated rings. The number of anilines is 1. The van der Waals surface area contributed by atoms with Crippen molar-refractivity contribution in [3.8, 4) is 0 Å². The van der Waals surface area contributed by atoms with Crippen LogP contribution in [0.4, 0.5) is 9.93 Å². The molecule has 2 aromatic heterocycles. The average molecular weight is 795 g/mol. The van der Waals surface area contributed by atoms with E-state index in [0.717, 1.165) is 28.7 Å². The summed E-state index contributed by atoms with van der Waals surface area (Å²) < 4.78 is 38.7. The molecule has 2 aliphatic rings. The highest BCUT2D eigenvalue weighted by atomic mass is 32.2. The summed E-state index contributed by atoms with van der Waals surface area (Å²) >= 11 is 0.980. The van der Waals surface area contributed by atoms with Crippen LogP contribution in [0.25, 0.3) is 0 Å². The van der Waals surface area contributed by atoms with E-state index in [1.807, 2.05) is 60.7 Å². The van der Waals surface area contributed by atoms with Gasteiger partial charge < -0.3 is 24.9 Å². The van der Waals surface area contributed by atoms with Gasteiger partial charge in [0.15, 0.2) is 16.9 Å². The number of carbonyl (C=O) groups excluding carboxylic acids is 4. The Morgan fingerprint density at radius 3 is 2.31 bits per heavy atom. The third-order valence-electron chi connectivity index (χ3n) is 8.05. The summed E-state index contributed by atoms with van der Waals surface area (Å²) in [6.45, 7) is 4.78. The van der Waals surface area contributed by atoms with Crippen LogP contribution in [0.2, 0.25) is 0 Å². The molecule has 4 aromatic rings. The van der Waals surface area contributed by atoms with E-state index in [4.69, 9.17) is 18.5 Å². The van der Waals surface area contributed by atoms with Crippen molar-refractivity contribution in [2.75, 3.05) is 11.6 Å². The fraction of sp³-hybridized carbons (Fsp3) is 0.371. The minimum atomic E-state index is -3.71. The fourth-order valence-electron chi connectivity index (χ4n) is 5.21. The molecular formula is C35H38N8O10S2. The van der Waals surface area contributed by atoms with Gasteiger partial charge in [0.05, 0.1) is 25.0 Å². The maximum Gasteiger partial charge on any atom is 0.413 e. The molecule has 2 atom stereocenters. The third kappa shape index (κ3) is 10.3. The van der Waals surface area contributed by atoms with E-state index in [2.05, 4.69) is 36.3 Å². The molecule has 0 radical (unpaired) electrons. The largest absolute Gasteiger partial charge is 0.450 e. The number of benzene rings is 2. The summed E-state index contributed by atoms with van der Waals surface area (Å²) in [6, 6.07) is 16.7. The van der Waals surface area contributed by atoms with E-state index >= 15 is 0 Å². The van der Waals surface area contributed by atoms with Crippen LogP contribution in [0.3, 0.4) is 0 Å². The minimum Gasteiger partial charge on any atom is -0.450 e. The molecule has 3 heterocycles. The molecule has 0 bridgehead atoms. The van der Waals surface area contributed by atoms with E-state index in [1.165, 1.54) is 16.4 Å². The minimum absolute atomic E-state index is 0.0120. The number of nitrogens with zero attached hydrogens (tertiary/aromatic N) is 5. The highest BCUT2D eigenvalue weighted by Crippen LogP contribution is 2.43. The molecule has 3 N–H and O–H groups in total. The van der Waals surface area contributed by atoms with Crippen LogP contribution >= 0.6 is 11.3 Å². The van der Waals surface area contributed by atoms with Crippen LogP contribution in [0.15, 0.2) is 77.4 Å². The molecule has 1 saturated heterocycles. The topological polar surface area (TPSA) is 231 Å². The van der Waals surface area contributed by atoms with E-state index < -0.39 is 63.4 Å². The Morgan fingerprint density at radius 1 is 1.07 bits per heavy atom. The van der Waals surface area contributed by atoms with Crippen molar-refractivity contribution in [1.82, 2.24) is 30.6 Å². The quantitative estimate of drug-likeness (QED) is 0.0518. The maximum atomic E-state index is 13.9. The van der Waals surface area contributed by atoms with Gasteiger partial charge in [-0.05, 0) is 31.9 Å². The van der Waals surface area contributed by atoms with Crippen molar-refractivity contribution >= 4 is 56.2 Å². The maximum absolute atomic E-state index is 13.9. The van der Waals surface area contributed by atoms with Crippen molar-refractivity contribution < 1.29 is 46.1 Å². The zero-order valence-corrected chi connectivity index (χ0v) is 31.8. The second-order valence-electron chi connectivity index (χ2n) is 13.7. The van der Waals surface area contributed by atoms with Crippen LogP contribution in [-0.2, 0) is 56.1 Å². The first kappa shape index (κ1) is 39.0. The molecular weight excluding hydrogens is 757 g/mol. The highest BCUT2D eigenvalue weighted by Gasteiger charge is 2.56. The molecule has 0 spiro atoms. The lowest BCUT2D eigenvalue weighted by Gasteiger charge is -2.36. The van der Waals surface area contributed by atoms with Gasteiger partial charge in [0, 0.05) is 18.2 Å². The first-order valence-electron chi connectivity index (χ1n) is 17.0. The lowest BCUT2D eigenvalue weighted by Crippen LogP contribution is -2.70. The Morgan fingerprint density at radius 2 is 1.73 bits per heavy atom. The van der Waals surface area contributed by atoms with Gasteiger partial charge in [0.2, 0.25) is 11.5 Å². The Hall–Kier alpha value is -5.73. The molecule has 3 amide bonds. The van der Waals surface area contributed by atoms with E-state index in [-0.39, 0.29) is 48.2 Å². The lowest BCUT2D eigenvalue weighted by atomic mass is 9.98. The number of thiazole rings is 1. The van der Waals surface area contributed by atoms with Crippen LogP contribution in [0.1, 0.15) is 62.2 Å². The molecule has 55 heavy (non-hydrogen) atoms. The summed E-state index contributed by atoms with van der Waals surface area (Å²) in [7, 11) is -3.71. The van der Waals surface area contributed by atoms with Gasteiger partial charge in [-0.2, -0.15) is 23.4 Å². The number of rotatable bonds is 15. The second kappa shape index (κ2) is 15.9. The number of aromatic nitrogens is 4. The molecule has 1 aliphatic carbocycles. The van der Waals surface area contributed by atoms with Gasteiger partial charge in [0.25, 0.3) is 16.0 Å². The fourth-order valence-corrected chi connectivity index (χ4v) is 6.23. The van der Waals surface area contributed by atoms with Gasteiger partial charge >= 0.3 is 12.1 Å². The average Bonchev–Trinajstić information content (AvgIpc) is 3.55. The van der Waals surface area contributed by atoms with E-state index in [9.17, 15) is 27.6 Å². The van der Waals surface area contributed by atoms with Crippen molar-refractivity contribution in [3.05, 3.63) is 94.8 Å².